The van der Waals surface area contributed by atoms with Crippen molar-refractivity contribution in [3.63, 3.8) is 0 Å². The van der Waals surface area contributed by atoms with Crippen LogP contribution >= 0.6 is 11.8 Å². The third kappa shape index (κ3) is 6.28. The SMILES string of the molecule is C[C@@H]1CC(CCSCc2nc(CS(C)(=O)=O)no2)C[C@@H](C)C1. The fourth-order valence-electron chi connectivity index (χ4n) is 3.40. The van der Waals surface area contributed by atoms with Crippen LogP contribution in [-0.2, 0) is 21.3 Å². The summed E-state index contributed by atoms with van der Waals surface area (Å²) in [6.45, 7) is 4.72. The largest absolute Gasteiger partial charge is 0.338 e. The summed E-state index contributed by atoms with van der Waals surface area (Å²) >= 11 is 1.79. The fourth-order valence-corrected chi connectivity index (χ4v) is 4.92. The highest BCUT2D eigenvalue weighted by Crippen LogP contribution is 2.35. The smallest absolute Gasteiger partial charge is 0.236 e. The van der Waals surface area contributed by atoms with Crippen molar-refractivity contribution in [1.82, 2.24) is 10.1 Å². The van der Waals surface area contributed by atoms with Crippen LogP contribution in [0.5, 0.6) is 0 Å². The van der Waals surface area contributed by atoms with Crippen molar-refractivity contribution in [2.75, 3.05) is 12.0 Å². The van der Waals surface area contributed by atoms with Gasteiger partial charge in [0.2, 0.25) is 5.89 Å². The van der Waals surface area contributed by atoms with Gasteiger partial charge in [-0.1, -0.05) is 19.0 Å². The molecule has 0 bridgehead atoms. The van der Waals surface area contributed by atoms with Crippen molar-refractivity contribution in [1.29, 1.82) is 0 Å². The average Bonchev–Trinajstić information content (AvgIpc) is 2.79. The van der Waals surface area contributed by atoms with Gasteiger partial charge in [-0.25, -0.2) is 8.42 Å². The van der Waals surface area contributed by atoms with E-state index in [1.165, 1.54) is 31.9 Å². The van der Waals surface area contributed by atoms with Crippen LogP contribution in [0, 0.1) is 17.8 Å². The molecule has 2 atom stereocenters. The zero-order valence-electron chi connectivity index (χ0n) is 13.6. The maximum atomic E-state index is 11.2. The van der Waals surface area contributed by atoms with Crippen molar-refractivity contribution in [2.24, 2.45) is 17.8 Å². The summed E-state index contributed by atoms with van der Waals surface area (Å²) in [6, 6.07) is 0. The van der Waals surface area contributed by atoms with Gasteiger partial charge in [-0.15, -0.1) is 0 Å². The monoisotopic (exact) mass is 346 g/mol. The van der Waals surface area contributed by atoms with Gasteiger partial charge >= 0.3 is 0 Å². The highest BCUT2D eigenvalue weighted by Gasteiger charge is 2.23. The Balaban J connectivity index is 1.68. The first-order valence-electron chi connectivity index (χ1n) is 7.88. The second-order valence-corrected chi connectivity index (χ2v) is 10.0. The molecule has 0 amide bonds. The van der Waals surface area contributed by atoms with Gasteiger partial charge in [0.25, 0.3) is 0 Å². The van der Waals surface area contributed by atoms with Crippen LogP contribution in [0.1, 0.15) is 51.2 Å². The van der Waals surface area contributed by atoms with Gasteiger partial charge in [-0.05, 0) is 49.2 Å². The lowest BCUT2D eigenvalue weighted by Crippen LogP contribution is -2.19. The molecule has 1 saturated carbocycles. The quantitative estimate of drug-likeness (QED) is 0.705. The van der Waals surface area contributed by atoms with E-state index in [4.69, 9.17) is 4.52 Å². The van der Waals surface area contributed by atoms with Crippen molar-refractivity contribution in [2.45, 2.75) is 51.0 Å². The number of nitrogens with zero attached hydrogens (tertiary/aromatic N) is 2. The molecule has 1 aromatic rings. The lowest BCUT2D eigenvalue weighted by Gasteiger charge is -2.31. The normalized spacial score (nSPS) is 26.2. The minimum absolute atomic E-state index is 0.154. The summed E-state index contributed by atoms with van der Waals surface area (Å²) in [5, 5.41) is 3.71. The van der Waals surface area contributed by atoms with E-state index in [9.17, 15) is 8.42 Å². The van der Waals surface area contributed by atoms with Gasteiger partial charge in [0.1, 0.15) is 5.75 Å². The van der Waals surface area contributed by atoms with E-state index in [2.05, 4.69) is 24.0 Å². The molecule has 0 radical (unpaired) electrons. The zero-order chi connectivity index (χ0) is 16.2. The molecule has 1 fully saturated rings. The molecule has 126 valence electrons. The molecule has 0 spiro atoms. The second-order valence-electron chi connectivity index (χ2n) is 6.80. The highest BCUT2D eigenvalue weighted by molar-refractivity contribution is 7.98. The number of aromatic nitrogens is 2. The number of thioether (sulfide) groups is 1. The van der Waals surface area contributed by atoms with Crippen LogP contribution in [0.3, 0.4) is 0 Å². The Morgan fingerprint density at radius 3 is 2.55 bits per heavy atom. The van der Waals surface area contributed by atoms with Gasteiger partial charge in [0, 0.05) is 6.26 Å². The summed E-state index contributed by atoms with van der Waals surface area (Å²) in [4.78, 5) is 4.13. The standard InChI is InChI=1S/C15H26N2O3S2/c1-11-6-12(2)8-13(7-11)4-5-21-9-15-16-14(17-20-15)10-22(3,18)19/h11-13H,4-10H2,1-3H3/t11-,12-/m0/s1. The van der Waals surface area contributed by atoms with Gasteiger partial charge in [-0.3, -0.25) is 0 Å². The van der Waals surface area contributed by atoms with E-state index in [1.54, 1.807) is 11.8 Å². The predicted octanol–water partition coefficient (Wildman–Crippen LogP) is 3.31. The molecule has 0 aliphatic heterocycles. The van der Waals surface area contributed by atoms with E-state index in [1.807, 2.05) is 0 Å². The summed E-state index contributed by atoms with van der Waals surface area (Å²) in [6.07, 6.45) is 6.48. The van der Waals surface area contributed by atoms with Gasteiger partial charge in [-0.2, -0.15) is 16.7 Å². The fraction of sp³-hybridized carbons (Fsp3) is 0.867. The number of rotatable bonds is 7. The van der Waals surface area contributed by atoms with E-state index in [0.29, 0.717) is 11.6 Å². The van der Waals surface area contributed by atoms with E-state index >= 15 is 0 Å². The van der Waals surface area contributed by atoms with Crippen molar-refractivity contribution in [3.05, 3.63) is 11.7 Å². The summed E-state index contributed by atoms with van der Waals surface area (Å²) in [5.74, 6) is 4.93. The Morgan fingerprint density at radius 1 is 1.23 bits per heavy atom. The summed E-state index contributed by atoms with van der Waals surface area (Å²) < 4.78 is 27.4. The van der Waals surface area contributed by atoms with Crippen LogP contribution in [0.4, 0.5) is 0 Å². The molecule has 0 saturated heterocycles. The molecular formula is C15H26N2O3S2. The maximum absolute atomic E-state index is 11.2. The Morgan fingerprint density at radius 2 is 1.91 bits per heavy atom. The van der Waals surface area contributed by atoms with Gasteiger partial charge in [0.15, 0.2) is 15.7 Å². The first-order chi connectivity index (χ1) is 10.3. The molecule has 2 rings (SSSR count). The van der Waals surface area contributed by atoms with E-state index in [-0.39, 0.29) is 11.6 Å². The average molecular weight is 347 g/mol. The van der Waals surface area contributed by atoms with Crippen molar-refractivity contribution in [3.8, 4) is 0 Å². The minimum Gasteiger partial charge on any atom is -0.338 e. The summed E-state index contributed by atoms with van der Waals surface area (Å²) in [5.41, 5.74) is 0. The Labute approximate surface area is 137 Å². The molecule has 1 aliphatic rings. The molecule has 5 nitrogen and oxygen atoms in total. The van der Waals surface area contributed by atoms with Crippen LogP contribution in [0.15, 0.2) is 4.52 Å². The topological polar surface area (TPSA) is 73.1 Å². The first-order valence-corrected chi connectivity index (χ1v) is 11.1. The Bertz CT molecular complexity index is 561. The van der Waals surface area contributed by atoms with Crippen LogP contribution < -0.4 is 0 Å². The van der Waals surface area contributed by atoms with Crippen LogP contribution in [0.2, 0.25) is 0 Å². The molecule has 7 heteroatoms. The lowest BCUT2D eigenvalue weighted by molar-refractivity contribution is 0.216. The Kier molecular flexibility index (Phi) is 6.32. The molecule has 1 aliphatic carbocycles. The van der Waals surface area contributed by atoms with Crippen LogP contribution in [0.25, 0.3) is 0 Å². The molecular weight excluding hydrogens is 320 g/mol. The van der Waals surface area contributed by atoms with Gasteiger partial charge < -0.3 is 4.52 Å². The third-order valence-corrected chi connectivity index (χ3v) is 5.83. The molecule has 1 aromatic heterocycles. The third-order valence-electron chi connectivity index (χ3n) is 4.07. The van der Waals surface area contributed by atoms with Gasteiger partial charge in [0.05, 0.1) is 5.75 Å². The van der Waals surface area contributed by atoms with E-state index < -0.39 is 9.84 Å². The molecule has 22 heavy (non-hydrogen) atoms. The maximum Gasteiger partial charge on any atom is 0.236 e. The number of hydrogen-bond acceptors (Lipinski definition) is 6. The molecule has 0 aromatic carbocycles. The molecule has 0 unspecified atom stereocenters. The summed E-state index contributed by atoms with van der Waals surface area (Å²) in [7, 11) is -3.11. The molecule has 1 heterocycles. The van der Waals surface area contributed by atoms with Crippen molar-refractivity contribution >= 4 is 21.6 Å². The first kappa shape index (κ1) is 17.8. The van der Waals surface area contributed by atoms with E-state index in [0.717, 1.165) is 23.5 Å². The highest BCUT2D eigenvalue weighted by atomic mass is 32.2. The Hall–Kier alpha value is -0.560. The zero-order valence-corrected chi connectivity index (χ0v) is 15.3. The van der Waals surface area contributed by atoms with Crippen LogP contribution in [-0.4, -0.2) is 30.6 Å². The number of sulfone groups is 1. The second kappa shape index (κ2) is 7.81. The lowest BCUT2D eigenvalue weighted by atomic mass is 9.76. The van der Waals surface area contributed by atoms with Crippen molar-refractivity contribution < 1.29 is 12.9 Å². The predicted molar refractivity (Wildman–Crippen MR) is 89.3 cm³/mol. The number of hydrogen-bond donors (Lipinski definition) is 0. The molecule has 0 N–H and O–H groups in total. The minimum atomic E-state index is -3.11.